The van der Waals surface area contributed by atoms with Crippen LogP contribution < -0.4 is 4.74 Å². The molecule has 6 heteroatoms. The van der Waals surface area contributed by atoms with Gasteiger partial charge < -0.3 is 9.64 Å². The Morgan fingerprint density at radius 3 is 2.86 bits per heavy atom. The van der Waals surface area contributed by atoms with E-state index in [1.54, 1.807) is 30.0 Å². The highest BCUT2D eigenvalue weighted by atomic mass is 35.5. The normalized spacial score (nSPS) is 15.0. The molecule has 1 atom stereocenters. The molecule has 1 aromatic carbocycles. The third-order valence-electron chi connectivity index (χ3n) is 3.55. The van der Waals surface area contributed by atoms with E-state index in [-0.39, 0.29) is 5.91 Å². The molecule has 4 nitrogen and oxygen atoms in total. The molecule has 0 saturated heterocycles. The first-order valence-corrected chi connectivity index (χ1v) is 8.05. The maximum Gasteiger partial charge on any atom is 0.263 e. The van der Waals surface area contributed by atoms with Gasteiger partial charge >= 0.3 is 0 Å². The number of carbonyl (C=O) groups excluding carboxylic acids is 1. The van der Waals surface area contributed by atoms with E-state index in [2.05, 4.69) is 6.07 Å². The van der Waals surface area contributed by atoms with Crippen LogP contribution in [0.15, 0.2) is 18.2 Å². The van der Waals surface area contributed by atoms with E-state index in [4.69, 9.17) is 33.2 Å². The molecule has 1 unspecified atom stereocenters. The number of hydrogen-bond donors (Lipinski definition) is 0. The van der Waals surface area contributed by atoms with Crippen molar-refractivity contribution in [2.45, 2.75) is 32.3 Å². The van der Waals surface area contributed by atoms with Crippen LogP contribution in [-0.2, 0) is 4.79 Å². The monoisotopic (exact) mass is 340 g/mol. The Morgan fingerprint density at radius 1 is 1.50 bits per heavy atom. The van der Waals surface area contributed by atoms with Crippen LogP contribution in [0.4, 0.5) is 0 Å². The molecule has 2 rings (SSSR count). The SMILES string of the molecule is CC(Oc1cccc(Cl)c1Cl)C(=O)N(CCC#N)CC1CC1. The van der Waals surface area contributed by atoms with Crippen molar-refractivity contribution in [3.05, 3.63) is 28.2 Å². The number of hydrogen-bond acceptors (Lipinski definition) is 3. The van der Waals surface area contributed by atoms with E-state index < -0.39 is 6.10 Å². The molecule has 0 radical (unpaired) electrons. The summed E-state index contributed by atoms with van der Waals surface area (Å²) < 4.78 is 5.66. The zero-order valence-corrected chi connectivity index (χ0v) is 13.9. The first kappa shape index (κ1) is 16.9. The lowest BCUT2D eigenvalue weighted by molar-refractivity contribution is -0.138. The van der Waals surface area contributed by atoms with E-state index in [0.29, 0.717) is 41.2 Å². The molecule has 22 heavy (non-hydrogen) atoms. The fourth-order valence-electron chi connectivity index (χ4n) is 2.16. The third-order valence-corrected chi connectivity index (χ3v) is 4.35. The average molecular weight is 341 g/mol. The first-order valence-electron chi connectivity index (χ1n) is 7.29. The van der Waals surface area contributed by atoms with Gasteiger partial charge in [-0.2, -0.15) is 5.26 Å². The van der Waals surface area contributed by atoms with Crippen LogP contribution in [0.5, 0.6) is 5.75 Å². The molecule has 0 N–H and O–H groups in total. The molecule has 0 bridgehead atoms. The third kappa shape index (κ3) is 4.53. The molecule has 1 fully saturated rings. The number of carbonyl (C=O) groups is 1. The van der Waals surface area contributed by atoms with Gasteiger partial charge in [0.25, 0.3) is 5.91 Å². The van der Waals surface area contributed by atoms with Gasteiger partial charge in [-0.3, -0.25) is 4.79 Å². The minimum Gasteiger partial charge on any atom is -0.479 e. The Morgan fingerprint density at radius 2 is 2.23 bits per heavy atom. The van der Waals surface area contributed by atoms with Crippen LogP contribution in [0.25, 0.3) is 0 Å². The first-order chi connectivity index (χ1) is 10.5. The Bertz CT molecular complexity index is 582. The van der Waals surface area contributed by atoms with Gasteiger partial charge in [0.2, 0.25) is 0 Å². The second kappa shape index (κ2) is 7.71. The van der Waals surface area contributed by atoms with E-state index in [1.807, 2.05) is 0 Å². The predicted octanol–water partition coefficient (Wildman–Crippen LogP) is 3.91. The number of amides is 1. The highest BCUT2D eigenvalue weighted by molar-refractivity contribution is 6.42. The fourth-order valence-corrected chi connectivity index (χ4v) is 2.50. The van der Waals surface area contributed by atoms with Gasteiger partial charge in [0, 0.05) is 13.1 Å². The van der Waals surface area contributed by atoms with Gasteiger partial charge in [-0.05, 0) is 37.8 Å². The molecular weight excluding hydrogens is 323 g/mol. The number of ether oxygens (including phenoxy) is 1. The van der Waals surface area contributed by atoms with Crippen molar-refractivity contribution in [1.82, 2.24) is 4.90 Å². The van der Waals surface area contributed by atoms with Crippen LogP contribution in [0.3, 0.4) is 0 Å². The largest absolute Gasteiger partial charge is 0.479 e. The summed E-state index contributed by atoms with van der Waals surface area (Å²) in [6.45, 7) is 2.81. The summed E-state index contributed by atoms with van der Waals surface area (Å²) in [5, 5.41) is 9.42. The smallest absolute Gasteiger partial charge is 0.263 e. The van der Waals surface area contributed by atoms with Gasteiger partial charge in [-0.1, -0.05) is 29.3 Å². The zero-order valence-electron chi connectivity index (χ0n) is 12.4. The molecule has 0 aromatic heterocycles. The van der Waals surface area contributed by atoms with Crippen LogP contribution in [0.1, 0.15) is 26.2 Å². The summed E-state index contributed by atoms with van der Waals surface area (Å²) in [4.78, 5) is 14.2. The maximum atomic E-state index is 12.5. The summed E-state index contributed by atoms with van der Waals surface area (Å²) in [7, 11) is 0. The summed E-state index contributed by atoms with van der Waals surface area (Å²) in [6, 6.07) is 7.14. The van der Waals surface area contributed by atoms with Crippen molar-refractivity contribution >= 4 is 29.1 Å². The van der Waals surface area contributed by atoms with Gasteiger partial charge in [0.05, 0.1) is 17.5 Å². The minimum atomic E-state index is -0.673. The predicted molar refractivity (Wildman–Crippen MR) is 86.1 cm³/mol. The number of nitrogens with zero attached hydrogens (tertiary/aromatic N) is 2. The Kier molecular flexibility index (Phi) is 5.93. The number of rotatable bonds is 7. The molecule has 0 spiro atoms. The molecule has 1 amide bonds. The standard InChI is InChI=1S/C16H18Cl2N2O2/c1-11(22-14-5-2-4-13(17)15(14)18)16(21)20(9-3-8-19)10-12-6-7-12/h2,4-5,11-12H,3,6-7,9-10H2,1H3. The lowest BCUT2D eigenvalue weighted by atomic mass is 10.2. The zero-order chi connectivity index (χ0) is 16.1. The second-order valence-electron chi connectivity index (χ2n) is 5.45. The number of halogens is 2. The number of nitriles is 1. The van der Waals surface area contributed by atoms with Crippen molar-refractivity contribution in [1.29, 1.82) is 5.26 Å². The van der Waals surface area contributed by atoms with Crippen LogP contribution in [-0.4, -0.2) is 30.0 Å². The minimum absolute atomic E-state index is 0.127. The molecule has 1 aromatic rings. The number of benzene rings is 1. The quantitative estimate of drug-likeness (QED) is 0.755. The van der Waals surface area contributed by atoms with Gasteiger partial charge in [-0.25, -0.2) is 0 Å². The van der Waals surface area contributed by atoms with Gasteiger partial charge in [0.1, 0.15) is 10.8 Å². The van der Waals surface area contributed by atoms with Crippen LogP contribution in [0.2, 0.25) is 10.0 Å². The molecule has 0 aliphatic heterocycles. The lowest BCUT2D eigenvalue weighted by Gasteiger charge is -2.25. The molecule has 0 heterocycles. The second-order valence-corrected chi connectivity index (χ2v) is 6.23. The summed E-state index contributed by atoms with van der Waals surface area (Å²) in [5.74, 6) is 0.824. The van der Waals surface area contributed by atoms with Gasteiger partial charge in [0.15, 0.2) is 6.10 Å². The van der Waals surface area contributed by atoms with Crippen LogP contribution >= 0.6 is 23.2 Å². The lowest BCUT2D eigenvalue weighted by Crippen LogP contribution is -2.42. The van der Waals surface area contributed by atoms with E-state index >= 15 is 0 Å². The Hall–Kier alpha value is -1.44. The van der Waals surface area contributed by atoms with Crippen molar-refractivity contribution < 1.29 is 9.53 Å². The van der Waals surface area contributed by atoms with Gasteiger partial charge in [-0.15, -0.1) is 0 Å². The van der Waals surface area contributed by atoms with Crippen molar-refractivity contribution in [3.63, 3.8) is 0 Å². The average Bonchev–Trinajstić information content (AvgIpc) is 3.31. The van der Waals surface area contributed by atoms with Crippen LogP contribution in [0, 0.1) is 17.2 Å². The summed E-state index contributed by atoms with van der Waals surface area (Å²) in [5.41, 5.74) is 0. The summed E-state index contributed by atoms with van der Waals surface area (Å²) in [6.07, 6.45) is 1.94. The maximum absolute atomic E-state index is 12.5. The summed E-state index contributed by atoms with van der Waals surface area (Å²) >= 11 is 12.0. The van der Waals surface area contributed by atoms with E-state index in [0.717, 1.165) is 12.8 Å². The molecular formula is C16H18Cl2N2O2. The Labute approximate surface area is 140 Å². The van der Waals surface area contributed by atoms with Crippen molar-refractivity contribution in [2.75, 3.05) is 13.1 Å². The Balaban J connectivity index is 2.02. The topological polar surface area (TPSA) is 53.3 Å². The van der Waals surface area contributed by atoms with Crippen molar-refractivity contribution in [2.24, 2.45) is 5.92 Å². The molecule has 118 valence electrons. The highest BCUT2D eigenvalue weighted by Gasteiger charge is 2.29. The van der Waals surface area contributed by atoms with Crippen molar-refractivity contribution in [3.8, 4) is 11.8 Å². The molecule has 1 saturated carbocycles. The van der Waals surface area contributed by atoms with E-state index in [9.17, 15) is 4.79 Å². The highest BCUT2D eigenvalue weighted by Crippen LogP contribution is 2.33. The molecule has 1 aliphatic carbocycles. The van der Waals surface area contributed by atoms with E-state index in [1.165, 1.54) is 0 Å². The fraction of sp³-hybridized carbons (Fsp3) is 0.500. The molecule has 1 aliphatic rings.